The predicted molar refractivity (Wildman–Crippen MR) is 73.7 cm³/mol. The molecule has 0 radical (unpaired) electrons. The second-order valence-electron chi connectivity index (χ2n) is 4.96. The number of aromatic nitrogens is 1. The number of hydrogen-bond acceptors (Lipinski definition) is 4. The first-order valence-corrected chi connectivity index (χ1v) is 7.37. The maximum Gasteiger partial charge on any atom is 0.347 e. The molecule has 1 aliphatic carbocycles. The molecule has 0 saturated heterocycles. The molecule has 100 valence electrons. The largest absolute Gasteiger partial charge is 0.477 e. The molecule has 5 heteroatoms. The Morgan fingerprint density at radius 2 is 2.17 bits per heavy atom. The molecule has 0 spiro atoms. The van der Waals surface area contributed by atoms with E-state index in [0.29, 0.717) is 17.0 Å². The van der Waals surface area contributed by atoms with E-state index in [2.05, 4.69) is 9.88 Å². The van der Waals surface area contributed by atoms with Crippen molar-refractivity contribution in [2.75, 3.05) is 18.5 Å². The van der Waals surface area contributed by atoms with E-state index < -0.39 is 5.97 Å². The molecule has 4 nitrogen and oxygen atoms in total. The van der Waals surface area contributed by atoms with Crippen molar-refractivity contribution < 1.29 is 9.90 Å². The summed E-state index contributed by atoms with van der Waals surface area (Å²) in [6.07, 6.45) is 5.92. The molecular formula is C13H20N2O2S. The van der Waals surface area contributed by atoms with Crippen LogP contribution in [-0.4, -0.2) is 29.7 Å². The van der Waals surface area contributed by atoms with Gasteiger partial charge in [-0.1, -0.05) is 31.1 Å². The van der Waals surface area contributed by atoms with E-state index in [1.807, 2.05) is 14.0 Å². The predicted octanol–water partition coefficient (Wildman–Crippen LogP) is 3.03. The van der Waals surface area contributed by atoms with Gasteiger partial charge < -0.3 is 10.0 Å². The van der Waals surface area contributed by atoms with Crippen LogP contribution in [-0.2, 0) is 6.42 Å². The first-order valence-electron chi connectivity index (χ1n) is 6.56. The van der Waals surface area contributed by atoms with Crippen molar-refractivity contribution in [1.82, 2.24) is 4.98 Å². The summed E-state index contributed by atoms with van der Waals surface area (Å²) in [7, 11) is 2.02. The summed E-state index contributed by atoms with van der Waals surface area (Å²) in [5.74, 6) is -0.109. The van der Waals surface area contributed by atoms with Crippen LogP contribution in [0.1, 0.15) is 48.0 Å². The molecule has 1 N–H and O–H groups in total. The number of aryl methyl sites for hydroxylation is 1. The van der Waals surface area contributed by atoms with Gasteiger partial charge >= 0.3 is 5.97 Å². The third-order valence-electron chi connectivity index (χ3n) is 3.55. The lowest BCUT2D eigenvalue weighted by Gasteiger charge is -2.19. The maximum absolute atomic E-state index is 11.1. The van der Waals surface area contributed by atoms with Crippen molar-refractivity contribution >= 4 is 22.4 Å². The number of thiazole rings is 1. The van der Waals surface area contributed by atoms with E-state index in [4.69, 9.17) is 5.11 Å². The third-order valence-corrected chi connectivity index (χ3v) is 4.75. The van der Waals surface area contributed by atoms with Gasteiger partial charge in [-0.2, -0.15) is 0 Å². The van der Waals surface area contributed by atoms with Crippen molar-refractivity contribution in [3.05, 3.63) is 10.6 Å². The van der Waals surface area contributed by atoms with Gasteiger partial charge in [-0.05, 0) is 25.2 Å². The lowest BCUT2D eigenvalue weighted by molar-refractivity contribution is 0.0701. The van der Waals surface area contributed by atoms with E-state index in [9.17, 15) is 4.79 Å². The van der Waals surface area contributed by atoms with Crippen molar-refractivity contribution in [2.24, 2.45) is 5.92 Å². The van der Waals surface area contributed by atoms with Crippen LogP contribution >= 0.6 is 11.3 Å². The SMILES string of the molecule is CCc1nc(N(C)CC2CCCC2)sc1C(=O)O. The van der Waals surface area contributed by atoms with Gasteiger partial charge in [-0.15, -0.1) is 0 Å². The van der Waals surface area contributed by atoms with E-state index in [1.54, 1.807) is 0 Å². The minimum atomic E-state index is -0.857. The molecule has 0 atom stereocenters. The Labute approximate surface area is 112 Å². The molecule has 1 aromatic rings. The van der Waals surface area contributed by atoms with Gasteiger partial charge in [0.25, 0.3) is 0 Å². The minimum absolute atomic E-state index is 0.394. The zero-order valence-electron chi connectivity index (χ0n) is 11.0. The second-order valence-corrected chi connectivity index (χ2v) is 5.94. The highest BCUT2D eigenvalue weighted by Crippen LogP contribution is 2.30. The van der Waals surface area contributed by atoms with E-state index in [-0.39, 0.29) is 0 Å². The zero-order chi connectivity index (χ0) is 13.1. The zero-order valence-corrected chi connectivity index (χ0v) is 11.8. The Balaban J connectivity index is 2.09. The van der Waals surface area contributed by atoms with Gasteiger partial charge in [0, 0.05) is 13.6 Å². The smallest absolute Gasteiger partial charge is 0.347 e. The number of aromatic carboxylic acids is 1. The highest BCUT2D eigenvalue weighted by molar-refractivity contribution is 7.17. The molecule has 1 aromatic heterocycles. The number of carboxylic acids is 1. The number of anilines is 1. The number of hydrogen-bond donors (Lipinski definition) is 1. The van der Waals surface area contributed by atoms with E-state index in [1.165, 1.54) is 37.0 Å². The fourth-order valence-electron chi connectivity index (χ4n) is 2.57. The van der Waals surface area contributed by atoms with Gasteiger partial charge in [-0.25, -0.2) is 9.78 Å². The first kappa shape index (κ1) is 13.3. The highest BCUT2D eigenvalue weighted by Gasteiger charge is 2.21. The number of rotatable bonds is 5. The standard InChI is InChI=1S/C13H20N2O2S/c1-3-10-11(12(16)17)18-13(14-10)15(2)8-9-6-4-5-7-9/h9H,3-8H2,1-2H3,(H,16,17). The molecule has 18 heavy (non-hydrogen) atoms. The van der Waals surface area contributed by atoms with Crippen LogP contribution in [0.2, 0.25) is 0 Å². The van der Waals surface area contributed by atoms with Crippen LogP contribution in [0.25, 0.3) is 0 Å². The molecule has 1 fully saturated rings. The van der Waals surface area contributed by atoms with E-state index in [0.717, 1.165) is 17.6 Å². The Bertz CT molecular complexity index is 425. The fourth-order valence-corrected chi connectivity index (χ4v) is 3.53. The monoisotopic (exact) mass is 268 g/mol. The normalized spacial score (nSPS) is 16.1. The number of nitrogens with zero attached hydrogens (tertiary/aromatic N) is 2. The molecule has 0 unspecified atom stereocenters. The molecule has 0 aliphatic heterocycles. The second kappa shape index (κ2) is 5.69. The van der Waals surface area contributed by atoms with Crippen molar-refractivity contribution in [3.63, 3.8) is 0 Å². The Morgan fingerprint density at radius 1 is 1.50 bits per heavy atom. The van der Waals surface area contributed by atoms with Crippen LogP contribution in [0.3, 0.4) is 0 Å². The first-order chi connectivity index (χ1) is 8.61. The van der Waals surface area contributed by atoms with Gasteiger partial charge in [0.15, 0.2) is 5.13 Å². The summed E-state index contributed by atoms with van der Waals surface area (Å²) >= 11 is 1.30. The average molecular weight is 268 g/mol. The summed E-state index contributed by atoms with van der Waals surface area (Å²) in [5, 5.41) is 9.97. The summed E-state index contributed by atoms with van der Waals surface area (Å²) in [6, 6.07) is 0. The maximum atomic E-state index is 11.1. The van der Waals surface area contributed by atoms with Crippen molar-refractivity contribution in [1.29, 1.82) is 0 Å². The van der Waals surface area contributed by atoms with Gasteiger partial charge in [0.05, 0.1) is 5.69 Å². The number of carboxylic acid groups (broad SMARTS) is 1. The summed E-state index contributed by atoms with van der Waals surface area (Å²) < 4.78 is 0. The molecule has 0 aromatic carbocycles. The van der Waals surface area contributed by atoms with Crippen LogP contribution in [0.15, 0.2) is 0 Å². The molecule has 0 bridgehead atoms. The van der Waals surface area contributed by atoms with Crippen LogP contribution in [0.5, 0.6) is 0 Å². The van der Waals surface area contributed by atoms with Crippen LogP contribution < -0.4 is 4.90 Å². The van der Waals surface area contributed by atoms with E-state index >= 15 is 0 Å². The lowest BCUT2D eigenvalue weighted by Crippen LogP contribution is -2.23. The number of carbonyl (C=O) groups is 1. The third kappa shape index (κ3) is 2.83. The topological polar surface area (TPSA) is 53.4 Å². The molecule has 1 heterocycles. The summed E-state index contributed by atoms with van der Waals surface area (Å²) in [4.78, 5) is 18.1. The Hall–Kier alpha value is -1.10. The molecule has 1 saturated carbocycles. The quantitative estimate of drug-likeness (QED) is 0.892. The Morgan fingerprint density at radius 3 is 2.67 bits per heavy atom. The summed E-state index contributed by atoms with van der Waals surface area (Å²) in [5.41, 5.74) is 0.709. The van der Waals surface area contributed by atoms with Gasteiger partial charge in [-0.3, -0.25) is 0 Å². The van der Waals surface area contributed by atoms with Crippen molar-refractivity contribution in [2.45, 2.75) is 39.0 Å². The van der Waals surface area contributed by atoms with Crippen LogP contribution in [0.4, 0.5) is 5.13 Å². The highest BCUT2D eigenvalue weighted by atomic mass is 32.1. The minimum Gasteiger partial charge on any atom is -0.477 e. The molecule has 0 amide bonds. The summed E-state index contributed by atoms with van der Waals surface area (Å²) in [6.45, 7) is 2.94. The van der Waals surface area contributed by atoms with Gasteiger partial charge in [0.2, 0.25) is 0 Å². The molecule has 1 aliphatic rings. The fraction of sp³-hybridized carbons (Fsp3) is 0.692. The molecular weight excluding hydrogens is 248 g/mol. The van der Waals surface area contributed by atoms with Crippen molar-refractivity contribution in [3.8, 4) is 0 Å². The van der Waals surface area contributed by atoms with Gasteiger partial charge in [0.1, 0.15) is 4.88 Å². The average Bonchev–Trinajstić information content (AvgIpc) is 2.96. The molecule has 2 rings (SSSR count). The lowest BCUT2D eigenvalue weighted by atomic mass is 10.1. The Kier molecular flexibility index (Phi) is 4.22. The van der Waals surface area contributed by atoms with Crippen LogP contribution in [0, 0.1) is 5.92 Å².